The molecule has 0 aliphatic carbocycles. The third-order valence-electron chi connectivity index (χ3n) is 6.57. The van der Waals surface area contributed by atoms with Gasteiger partial charge in [0.25, 0.3) is 0 Å². The Bertz CT molecular complexity index is 435. The molecule has 0 aliphatic heterocycles. The topological polar surface area (TPSA) is 110 Å². The number of carbonyl (C=O) groups is 1. The van der Waals surface area contributed by atoms with Crippen LogP contribution in [-0.4, -0.2) is 57.3 Å². The standard InChI is InChI=1S/C27H55NO5/c1-3-5-7-9-11-13-15-16-18-20-24(30)26(32)23(22-29)28-27(33)25(31)21-19-17-14-12-10-8-6-4-2/h23-26,29-32H,3-22H2,1-2H3,(H,28,33). The van der Waals surface area contributed by atoms with Crippen molar-refractivity contribution in [1.29, 1.82) is 0 Å². The molecule has 0 radical (unpaired) electrons. The van der Waals surface area contributed by atoms with Crippen molar-refractivity contribution in [2.75, 3.05) is 6.61 Å². The molecular formula is C27H55NO5. The third-order valence-corrected chi connectivity index (χ3v) is 6.57. The first-order valence-electron chi connectivity index (χ1n) is 13.9. The van der Waals surface area contributed by atoms with E-state index in [-0.39, 0.29) is 0 Å². The van der Waals surface area contributed by atoms with Crippen LogP contribution in [0.25, 0.3) is 0 Å². The maximum Gasteiger partial charge on any atom is 0.249 e. The first-order valence-corrected chi connectivity index (χ1v) is 13.9. The van der Waals surface area contributed by atoms with Crippen molar-refractivity contribution in [3.05, 3.63) is 0 Å². The molecule has 0 saturated carbocycles. The molecular weight excluding hydrogens is 418 g/mol. The zero-order chi connectivity index (χ0) is 24.7. The molecule has 6 nitrogen and oxygen atoms in total. The normalized spacial score (nSPS) is 15.2. The number of aliphatic hydroxyl groups excluding tert-OH is 4. The molecule has 33 heavy (non-hydrogen) atoms. The van der Waals surface area contributed by atoms with Gasteiger partial charge in [0, 0.05) is 0 Å². The summed E-state index contributed by atoms with van der Waals surface area (Å²) in [4.78, 5) is 12.2. The molecule has 198 valence electrons. The minimum Gasteiger partial charge on any atom is -0.394 e. The number of hydrogen-bond donors (Lipinski definition) is 5. The van der Waals surface area contributed by atoms with E-state index >= 15 is 0 Å². The Balaban J connectivity index is 3.97. The number of carbonyl (C=O) groups excluding carboxylic acids is 1. The van der Waals surface area contributed by atoms with Gasteiger partial charge in [0.1, 0.15) is 12.2 Å². The number of unbranched alkanes of at least 4 members (excludes halogenated alkanes) is 15. The van der Waals surface area contributed by atoms with Gasteiger partial charge in [0.15, 0.2) is 0 Å². The zero-order valence-electron chi connectivity index (χ0n) is 21.6. The van der Waals surface area contributed by atoms with Crippen LogP contribution in [0.15, 0.2) is 0 Å². The van der Waals surface area contributed by atoms with Gasteiger partial charge in [-0.2, -0.15) is 0 Å². The van der Waals surface area contributed by atoms with Gasteiger partial charge in [0.05, 0.1) is 18.8 Å². The molecule has 0 fully saturated rings. The molecule has 5 N–H and O–H groups in total. The van der Waals surface area contributed by atoms with Gasteiger partial charge in [-0.15, -0.1) is 0 Å². The summed E-state index contributed by atoms with van der Waals surface area (Å²) in [5, 5.41) is 42.8. The van der Waals surface area contributed by atoms with Gasteiger partial charge in [-0.05, 0) is 12.8 Å². The Morgan fingerprint density at radius 1 is 0.636 bits per heavy atom. The maximum absolute atomic E-state index is 12.2. The van der Waals surface area contributed by atoms with Gasteiger partial charge in [-0.25, -0.2) is 0 Å². The highest BCUT2D eigenvalue weighted by Gasteiger charge is 2.28. The van der Waals surface area contributed by atoms with Gasteiger partial charge < -0.3 is 25.7 Å². The Kier molecular flexibility index (Phi) is 22.6. The predicted octanol–water partition coefficient (Wildman–Crippen LogP) is 5.00. The lowest BCUT2D eigenvalue weighted by atomic mass is 9.99. The lowest BCUT2D eigenvalue weighted by molar-refractivity contribution is -0.132. The summed E-state index contributed by atoms with van der Waals surface area (Å²) < 4.78 is 0. The fourth-order valence-corrected chi connectivity index (χ4v) is 4.22. The van der Waals surface area contributed by atoms with E-state index in [2.05, 4.69) is 19.2 Å². The summed E-state index contributed by atoms with van der Waals surface area (Å²) >= 11 is 0. The molecule has 0 rings (SSSR count). The minimum absolute atomic E-state index is 0.371. The number of nitrogens with one attached hydrogen (secondary N) is 1. The van der Waals surface area contributed by atoms with E-state index in [1.165, 1.54) is 70.6 Å². The first-order chi connectivity index (χ1) is 16.0. The first kappa shape index (κ1) is 32.3. The molecule has 0 spiro atoms. The molecule has 0 aliphatic rings. The fraction of sp³-hybridized carbons (Fsp3) is 0.963. The Morgan fingerprint density at radius 2 is 1.03 bits per heavy atom. The molecule has 1 amide bonds. The average molecular weight is 474 g/mol. The Hall–Kier alpha value is -0.690. The second kappa shape index (κ2) is 23.1. The van der Waals surface area contributed by atoms with Crippen LogP contribution in [0.5, 0.6) is 0 Å². The van der Waals surface area contributed by atoms with E-state index in [4.69, 9.17) is 0 Å². The summed E-state index contributed by atoms with van der Waals surface area (Å²) in [5.41, 5.74) is 0. The number of rotatable bonds is 24. The van der Waals surface area contributed by atoms with Crippen LogP contribution in [0.3, 0.4) is 0 Å². The third kappa shape index (κ3) is 18.3. The van der Waals surface area contributed by atoms with E-state index in [1.807, 2.05) is 0 Å². The number of hydrogen-bond acceptors (Lipinski definition) is 5. The summed E-state index contributed by atoms with van der Waals surface area (Å²) in [6.45, 7) is 3.93. The molecule has 0 aromatic rings. The summed E-state index contributed by atoms with van der Waals surface area (Å²) in [6.07, 6.45) is 17.1. The SMILES string of the molecule is CCCCCCCCCCCC(O)C(O)C(CO)NC(=O)C(O)CCCCCCCCCC. The van der Waals surface area contributed by atoms with Crippen LogP contribution in [0, 0.1) is 0 Å². The molecule has 0 heterocycles. The molecule has 0 aromatic heterocycles. The van der Waals surface area contributed by atoms with E-state index in [0.29, 0.717) is 12.8 Å². The van der Waals surface area contributed by atoms with Gasteiger partial charge in [-0.1, -0.05) is 123 Å². The van der Waals surface area contributed by atoms with Crippen molar-refractivity contribution in [2.45, 2.75) is 160 Å². The van der Waals surface area contributed by atoms with E-state index in [1.54, 1.807) is 0 Å². The lowest BCUT2D eigenvalue weighted by Crippen LogP contribution is -2.53. The summed E-state index contributed by atoms with van der Waals surface area (Å²) in [7, 11) is 0. The molecule has 4 unspecified atom stereocenters. The van der Waals surface area contributed by atoms with E-state index in [9.17, 15) is 25.2 Å². The molecule has 4 atom stereocenters. The lowest BCUT2D eigenvalue weighted by Gasteiger charge is -2.27. The quantitative estimate of drug-likeness (QED) is 0.127. The van der Waals surface area contributed by atoms with E-state index in [0.717, 1.165) is 38.5 Å². The summed E-state index contributed by atoms with van der Waals surface area (Å²) in [5.74, 6) is -0.591. The maximum atomic E-state index is 12.2. The van der Waals surface area contributed by atoms with E-state index < -0.39 is 36.9 Å². The number of amides is 1. The number of aliphatic hydroxyl groups is 4. The molecule has 0 bridgehead atoms. The van der Waals surface area contributed by atoms with Crippen LogP contribution in [0.1, 0.15) is 136 Å². The van der Waals surface area contributed by atoms with Crippen LogP contribution >= 0.6 is 0 Å². The van der Waals surface area contributed by atoms with Crippen molar-refractivity contribution < 1.29 is 25.2 Å². The predicted molar refractivity (Wildman–Crippen MR) is 136 cm³/mol. The monoisotopic (exact) mass is 473 g/mol. The van der Waals surface area contributed by atoms with Crippen molar-refractivity contribution in [3.8, 4) is 0 Å². The van der Waals surface area contributed by atoms with Crippen molar-refractivity contribution in [2.24, 2.45) is 0 Å². The molecule has 0 saturated heterocycles. The highest BCUT2D eigenvalue weighted by molar-refractivity contribution is 5.80. The Morgan fingerprint density at radius 3 is 1.45 bits per heavy atom. The average Bonchev–Trinajstić information content (AvgIpc) is 2.82. The van der Waals surface area contributed by atoms with Crippen molar-refractivity contribution >= 4 is 5.91 Å². The molecule has 0 aromatic carbocycles. The second-order valence-electron chi connectivity index (χ2n) is 9.75. The fourth-order valence-electron chi connectivity index (χ4n) is 4.22. The minimum atomic E-state index is -1.25. The second-order valence-corrected chi connectivity index (χ2v) is 9.75. The van der Waals surface area contributed by atoms with Crippen LogP contribution in [-0.2, 0) is 4.79 Å². The van der Waals surface area contributed by atoms with Gasteiger partial charge >= 0.3 is 0 Å². The molecule has 6 heteroatoms. The van der Waals surface area contributed by atoms with Crippen molar-refractivity contribution in [1.82, 2.24) is 5.32 Å². The van der Waals surface area contributed by atoms with Crippen LogP contribution in [0.2, 0.25) is 0 Å². The summed E-state index contributed by atoms with van der Waals surface area (Å²) in [6, 6.07) is -0.973. The van der Waals surface area contributed by atoms with Crippen molar-refractivity contribution in [3.63, 3.8) is 0 Å². The van der Waals surface area contributed by atoms with Gasteiger partial charge in [-0.3, -0.25) is 4.79 Å². The highest BCUT2D eigenvalue weighted by Crippen LogP contribution is 2.14. The highest BCUT2D eigenvalue weighted by atomic mass is 16.3. The van der Waals surface area contributed by atoms with Crippen LogP contribution < -0.4 is 5.32 Å². The largest absolute Gasteiger partial charge is 0.394 e. The zero-order valence-corrected chi connectivity index (χ0v) is 21.6. The smallest absolute Gasteiger partial charge is 0.249 e. The van der Waals surface area contributed by atoms with Gasteiger partial charge in [0.2, 0.25) is 5.91 Å². The van der Waals surface area contributed by atoms with Crippen LogP contribution in [0.4, 0.5) is 0 Å². The Labute approximate surface area is 203 Å².